The number of aromatic carboxylic acids is 1. The molecular weight excluding hydrogens is 288 g/mol. The minimum Gasteiger partial charge on any atom is -0.478 e. The van der Waals surface area contributed by atoms with E-state index >= 15 is 0 Å². The third-order valence-corrected chi connectivity index (χ3v) is 3.51. The van der Waals surface area contributed by atoms with Crippen LogP contribution in [0.25, 0.3) is 0 Å². The molecule has 0 fully saturated rings. The number of benzene rings is 1. The van der Waals surface area contributed by atoms with Crippen LogP contribution in [-0.2, 0) is 6.54 Å². The zero-order valence-corrected chi connectivity index (χ0v) is 12.7. The first-order chi connectivity index (χ1) is 9.97. The Morgan fingerprint density at radius 2 is 2.00 bits per heavy atom. The van der Waals surface area contributed by atoms with Gasteiger partial charge in [-0.1, -0.05) is 49.7 Å². The summed E-state index contributed by atoms with van der Waals surface area (Å²) in [5, 5.41) is 12.3. The molecule has 0 bridgehead atoms. The highest BCUT2D eigenvalue weighted by atomic mass is 35.5. The Bertz CT molecular complexity index is 639. The molecule has 2 rings (SSSR count). The predicted molar refractivity (Wildman–Crippen MR) is 84.1 cm³/mol. The zero-order valence-electron chi connectivity index (χ0n) is 11.9. The standard InChI is InChI=1S/C16H17ClN2O2/c1-10(2)12-5-3-11(4-6-12)8-18-15-7-13(16(20)21)14(17)9-19-15/h3-7,9-10H,8H2,1-2H3,(H,18,19)(H,20,21). The van der Waals surface area contributed by atoms with Crippen molar-refractivity contribution in [2.24, 2.45) is 0 Å². The van der Waals surface area contributed by atoms with Crippen LogP contribution in [0.3, 0.4) is 0 Å². The summed E-state index contributed by atoms with van der Waals surface area (Å²) in [5.74, 6) is -0.0699. The summed E-state index contributed by atoms with van der Waals surface area (Å²) in [6.07, 6.45) is 1.34. The SMILES string of the molecule is CC(C)c1ccc(CNc2cc(C(=O)O)c(Cl)cn2)cc1. The summed E-state index contributed by atoms with van der Waals surface area (Å²) in [6, 6.07) is 9.74. The van der Waals surface area contributed by atoms with E-state index in [0.29, 0.717) is 18.3 Å². The van der Waals surface area contributed by atoms with Crippen molar-refractivity contribution in [2.75, 3.05) is 5.32 Å². The van der Waals surface area contributed by atoms with Gasteiger partial charge < -0.3 is 10.4 Å². The minimum absolute atomic E-state index is 0.0457. The number of aromatic nitrogens is 1. The number of rotatable bonds is 5. The van der Waals surface area contributed by atoms with Crippen molar-refractivity contribution in [1.82, 2.24) is 4.98 Å². The first-order valence-corrected chi connectivity index (χ1v) is 7.06. The van der Waals surface area contributed by atoms with Crippen LogP contribution in [0.5, 0.6) is 0 Å². The van der Waals surface area contributed by atoms with Gasteiger partial charge in [0.1, 0.15) is 5.82 Å². The largest absolute Gasteiger partial charge is 0.478 e. The van der Waals surface area contributed by atoms with Crippen LogP contribution < -0.4 is 5.32 Å². The van der Waals surface area contributed by atoms with Gasteiger partial charge in [0.15, 0.2) is 0 Å². The highest BCUT2D eigenvalue weighted by Crippen LogP contribution is 2.19. The molecule has 0 saturated carbocycles. The smallest absolute Gasteiger partial charge is 0.337 e. The Morgan fingerprint density at radius 3 is 2.57 bits per heavy atom. The molecule has 0 radical (unpaired) electrons. The number of pyridine rings is 1. The third-order valence-electron chi connectivity index (χ3n) is 3.21. The summed E-state index contributed by atoms with van der Waals surface area (Å²) >= 11 is 5.78. The number of carbonyl (C=O) groups is 1. The number of hydrogen-bond donors (Lipinski definition) is 2. The molecule has 2 N–H and O–H groups in total. The van der Waals surface area contributed by atoms with Gasteiger partial charge >= 0.3 is 5.97 Å². The van der Waals surface area contributed by atoms with Gasteiger partial charge in [0.25, 0.3) is 0 Å². The lowest BCUT2D eigenvalue weighted by Crippen LogP contribution is -2.05. The van der Waals surface area contributed by atoms with E-state index in [0.717, 1.165) is 5.56 Å². The van der Waals surface area contributed by atoms with Gasteiger partial charge in [-0.3, -0.25) is 0 Å². The van der Waals surface area contributed by atoms with Gasteiger partial charge in [-0.2, -0.15) is 0 Å². The van der Waals surface area contributed by atoms with E-state index in [1.54, 1.807) is 0 Å². The van der Waals surface area contributed by atoms with Gasteiger partial charge in [0.05, 0.1) is 10.6 Å². The van der Waals surface area contributed by atoms with Gasteiger partial charge in [0, 0.05) is 12.7 Å². The highest BCUT2D eigenvalue weighted by Gasteiger charge is 2.10. The Morgan fingerprint density at radius 1 is 1.33 bits per heavy atom. The molecule has 0 saturated heterocycles. The molecule has 0 aliphatic heterocycles. The summed E-state index contributed by atoms with van der Waals surface area (Å²) in [6.45, 7) is 4.88. The van der Waals surface area contributed by atoms with Crippen molar-refractivity contribution < 1.29 is 9.90 Å². The maximum absolute atomic E-state index is 11.0. The number of carboxylic acids is 1. The van der Waals surface area contributed by atoms with Crippen molar-refractivity contribution in [3.05, 3.63) is 58.2 Å². The molecule has 0 spiro atoms. The average Bonchev–Trinajstić information content (AvgIpc) is 2.46. The maximum Gasteiger partial charge on any atom is 0.337 e. The van der Waals surface area contributed by atoms with Crippen LogP contribution in [0.2, 0.25) is 5.02 Å². The van der Waals surface area contributed by atoms with Crippen LogP contribution in [-0.4, -0.2) is 16.1 Å². The number of anilines is 1. The number of nitrogens with zero attached hydrogens (tertiary/aromatic N) is 1. The lowest BCUT2D eigenvalue weighted by Gasteiger charge is -2.09. The Balaban J connectivity index is 2.06. The summed E-state index contributed by atoms with van der Waals surface area (Å²) in [7, 11) is 0. The quantitative estimate of drug-likeness (QED) is 0.870. The fraction of sp³-hybridized carbons (Fsp3) is 0.250. The molecule has 0 amide bonds. The van der Waals surface area contributed by atoms with Gasteiger partial charge in [-0.05, 0) is 23.1 Å². The van der Waals surface area contributed by atoms with E-state index in [-0.39, 0.29) is 10.6 Å². The molecule has 5 heteroatoms. The third kappa shape index (κ3) is 3.95. The molecule has 2 aromatic rings. The monoisotopic (exact) mass is 304 g/mol. The van der Waals surface area contributed by atoms with Crippen molar-refractivity contribution in [1.29, 1.82) is 0 Å². The van der Waals surface area contributed by atoms with Crippen molar-refractivity contribution in [3.63, 3.8) is 0 Å². The van der Waals surface area contributed by atoms with Crippen LogP contribution in [0.1, 0.15) is 41.3 Å². The van der Waals surface area contributed by atoms with Crippen LogP contribution >= 0.6 is 11.6 Å². The summed E-state index contributed by atoms with van der Waals surface area (Å²) < 4.78 is 0. The second-order valence-electron chi connectivity index (χ2n) is 5.10. The topological polar surface area (TPSA) is 62.2 Å². The number of carboxylic acid groups (broad SMARTS) is 1. The van der Waals surface area contributed by atoms with E-state index in [1.165, 1.54) is 17.8 Å². The summed E-state index contributed by atoms with van der Waals surface area (Å²) in [5.41, 5.74) is 2.44. The first kappa shape index (κ1) is 15.3. The van der Waals surface area contributed by atoms with E-state index in [9.17, 15) is 4.79 Å². The van der Waals surface area contributed by atoms with Crippen LogP contribution in [0.15, 0.2) is 36.5 Å². The molecular formula is C16H17ClN2O2. The van der Waals surface area contributed by atoms with E-state index < -0.39 is 5.97 Å². The Hall–Kier alpha value is -2.07. The first-order valence-electron chi connectivity index (χ1n) is 6.69. The molecule has 1 heterocycles. The van der Waals surface area contributed by atoms with Crippen molar-refractivity contribution >= 4 is 23.4 Å². The molecule has 0 aliphatic rings. The van der Waals surface area contributed by atoms with Crippen LogP contribution in [0.4, 0.5) is 5.82 Å². The highest BCUT2D eigenvalue weighted by molar-refractivity contribution is 6.33. The van der Waals surface area contributed by atoms with Crippen LogP contribution in [0, 0.1) is 0 Å². The molecule has 1 aromatic carbocycles. The Labute approximate surface area is 128 Å². The number of halogens is 1. The number of hydrogen-bond acceptors (Lipinski definition) is 3. The van der Waals surface area contributed by atoms with Crippen molar-refractivity contribution in [3.8, 4) is 0 Å². The fourth-order valence-electron chi connectivity index (χ4n) is 1.91. The van der Waals surface area contributed by atoms with Gasteiger partial charge in [0.2, 0.25) is 0 Å². The van der Waals surface area contributed by atoms with E-state index in [4.69, 9.17) is 16.7 Å². The molecule has 110 valence electrons. The molecule has 0 unspecified atom stereocenters. The predicted octanol–water partition coefficient (Wildman–Crippen LogP) is 4.17. The second kappa shape index (κ2) is 6.59. The number of nitrogens with one attached hydrogen (secondary N) is 1. The normalized spacial score (nSPS) is 10.7. The lowest BCUT2D eigenvalue weighted by atomic mass is 10.0. The van der Waals surface area contributed by atoms with E-state index in [2.05, 4.69) is 48.4 Å². The van der Waals surface area contributed by atoms with Gasteiger partial charge in [-0.25, -0.2) is 9.78 Å². The molecule has 0 atom stereocenters. The van der Waals surface area contributed by atoms with Gasteiger partial charge in [-0.15, -0.1) is 0 Å². The van der Waals surface area contributed by atoms with Crippen molar-refractivity contribution in [2.45, 2.75) is 26.3 Å². The zero-order chi connectivity index (χ0) is 15.4. The second-order valence-corrected chi connectivity index (χ2v) is 5.51. The molecule has 4 nitrogen and oxygen atoms in total. The minimum atomic E-state index is -1.06. The molecule has 21 heavy (non-hydrogen) atoms. The fourth-order valence-corrected chi connectivity index (χ4v) is 2.10. The molecule has 1 aromatic heterocycles. The lowest BCUT2D eigenvalue weighted by molar-refractivity contribution is 0.0697. The maximum atomic E-state index is 11.0. The van der Waals surface area contributed by atoms with E-state index in [1.807, 2.05) is 0 Å². The Kier molecular flexibility index (Phi) is 4.81. The average molecular weight is 305 g/mol. The summed E-state index contributed by atoms with van der Waals surface area (Å²) in [4.78, 5) is 15.1. The molecule has 0 aliphatic carbocycles.